The maximum atomic E-state index is 11.4. The topological polar surface area (TPSA) is 89.9 Å². The van der Waals surface area contributed by atoms with Gasteiger partial charge < -0.3 is 18.7 Å². The van der Waals surface area contributed by atoms with Crippen LogP contribution in [0.3, 0.4) is 0 Å². The fourth-order valence-electron chi connectivity index (χ4n) is 2.15. The van der Waals surface area contributed by atoms with Crippen molar-refractivity contribution >= 4 is 28.5 Å². The Hall–Kier alpha value is -2.73. The van der Waals surface area contributed by atoms with Crippen molar-refractivity contribution in [3.05, 3.63) is 62.9 Å². The minimum Gasteiger partial charge on any atom is -0.484 e. The lowest BCUT2D eigenvalue weighted by molar-refractivity contribution is 0.0658. The number of carboxylic acids is 1. The maximum Gasteiger partial charge on any atom is 0.371 e. The summed E-state index contributed by atoms with van der Waals surface area (Å²) in [6, 6.07) is 7.39. The van der Waals surface area contributed by atoms with E-state index in [0.29, 0.717) is 27.5 Å². The molecule has 0 amide bonds. The number of hydrogen-bond acceptors (Lipinski definition) is 5. The van der Waals surface area contributed by atoms with Gasteiger partial charge in [-0.3, -0.25) is 0 Å². The van der Waals surface area contributed by atoms with E-state index in [9.17, 15) is 9.59 Å². The van der Waals surface area contributed by atoms with Crippen LogP contribution < -0.4 is 10.4 Å². The molecule has 0 atom stereocenters. The quantitative estimate of drug-likeness (QED) is 0.733. The molecule has 0 radical (unpaired) electrons. The standard InChI is InChI=1S/C16H11ClO6/c1-8-4-15(18)23-13-6-14(11(17)5-10(8)13)21-7-9-2-3-12(22-9)16(19)20/h2-6H,7H2,1H3,(H,19,20). The highest BCUT2D eigenvalue weighted by Crippen LogP contribution is 2.31. The van der Waals surface area contributed by atoms with E-state index < -0.39 is 11.6 Å². The number of halogens is 1. The van der Waals surface area contributed by atoms with E-state index in [0.717, 1.165) is 5.56 Å². The van der Waals surface area contributed by atoms with Crippen molar-refractivity contribution in [2.45, 2.75) is 13.5 Å². The van der Waals surface area contributed by atoms with Crippen LogP contribution in [-0.4, -0.2) is 11.1 Å². The van der Waals surface area contributed by atoms with Gasteiger partial charge in [-0.05, 0) is 30.7 Å². The van der Waals surface area contributed by atoms with E-state index >= 15 is 0 Å². The molecule has 0 unspecified atom stereocenters. The van der Waals surface area contributed by atoms with Crippen LogP contribution in [0.1, 0.15) is 21.9 Å². The van der Waals surface area contributed by atoms with Crippen molar-refractivity contribution < 1.29 is 23.5 Å². The summed E-state index contributed by atoms with van der Waals surface area (Å²) < 4.78 is 15.7. The minimum absolute atomic E-state index is 0.00540. The molecule has 1 N–H and O–H groups in total. The van der Waals surface area contributed by atoms with Crippen LogP contribution >= 0.6 is 11.6 Å². The van der Waals surface area contributed by atoms with Gasteiger partial charge in [0.2, 0.25) is 5.76 Å². The maximum absolute atomic E-state index is 11.4. The molecule has 0 saturated heterocycles. The molecule has 23 heavy (non-hydrogen) atoms. The highest BCUT2D eigenvalue weighted by Gasteiger charge is 2.12. The average molecular weight is 335 g/mol. The lowest BCUT2D eigenvalue weighted by atomic mass is 10.1. The molecule has 2 heterocycles. The molecule has 0 fully saturated rings. The van der Waals surface area contributed by atoms with Crippen LogP contribution in [0.25, 0.3) is 11.0 Å². The number of aromatic carboxylic acids is 1. The van der Waals surface area contributed by atoms with E-state index in [4.69, 9.17) is 30.3 Å². The minimum atomic E-state index is -1.16. The summed E-state index contributed by atoms with van der Waals surface area (Å²) in [5.74, 6) is -0.683. The first-order valence-corrected chi connectivity index (χ1v) is 7.00. The normalized spacial score (nSPS) is 10.9. The van der Waals surface area contributed by atoms with Crippen molar-refractivity contribution in [2.75, 3.05) is 0 Å². The van der Waals surface area contributed by atoms with Gasteiger partial charge in [0.1, 0.15) is 23.7 Å². The third-order valence-corrected chi connectivity index (χ3v) is 3.54. The summed E-state index contributed by atoms with van der Waals surface area (Å²) >= 11 is 6.17. The van der Waals surface area contributed by atoms with Crippen LogP contribution in [0.4, 0.5) is 0 Å². The molecule has 0 bridgehead atoms. The Morgan fingerprint density at radius 3 is 2.74 bits per heavy atom. The number of hydrogen-bond donors (Lipinski definition) is 1. The zero-order valence-electron chi connectivity index (χ0n) is 12.0. The third kappa shape index (κ3) is 3.07. The first kappa shape index (κ1) is 15.2. The number of furan rings is 1. The molecule has 0 aliphatic heterocycles. The Balaban J connectivity index is 1.88. The fraction of sp³-hybridized carbons (Fsp3) is 0.125. The van der Waals surface area contributed by atoms with Gasteiger partial charge in [-0.1, -0.05) is 11.6 Å². The van der Waals surface area contributed by atoms with Crippen LogP contribution in [-0.2, 0) is 6.61 Å². The molecule has 7 heteroatoms. The second-order valence-electron chi connectivity index (χ2n) is 4.89. The highest BCUT2D eigenvalue weighted by molar-refractivity contribution is 6.32. The predicted molar refractivity (Wildman–Crippen MR) is 82.2 cm³/mol. The Bertz CT molecular complexity index is 953. The van der Waals surface area contributed by atoms with Crippen LogP contribution in [0, 0.1) is 6.92 Å². The highest BCUT2D eigenvalue weighted by atomic mass is 35.5. The SMILES string of the molecule is Cc1cc(=O)oc2cc(OCc3ccc(C(=O)O)o3)c(Cl)cc12. The number of aryl methyl sites for hydroxylation is 1. The van der Waals surface area contributed by atoms with Gasteiger partial charge in [0.05, 0.1) is 5.02 Å². The number of carboxylic acid groups (broad SMARTS) is 1. The Kier molecular flexibility index (Phi) is 3.83. The van der Waals surface area contributed by atoms with Crippen molar-refractivity contribution in [3.63, 3.8) is 0 Å². The average Bonchev–Trinajstić information content (AvgIpc) is 2.95. The van der Waals surface area contributed by atoms with E-state index in [1.54, 1.807) is 13.0 Å². The second kappa shape index (κ2) is 5.81. The van der Waals surface area contributed by atoms with E-state index in [1.807, 2.05) is 0 Å². The molecular weight excluding hydrogens is 324 g/mol. The summed E-state index contributed by atoms with van der Waals surface area (Å²) in [6.07, 6.45) is 0. The molecular formula is C16H11ClO6. The molecule has 3 aromatic rings. The number of ether oxygens (including phenoxy) is 1. The van der Waals surface area contributed by atoms with Crippen LogP contribution in [0.5, 0.6) is 5.75 Å². The first-order valence-electron chi connectivity index (χ1n) is 6.63. The molecule has 2 aromatic heterocycles. The zero-order valence-corrected chi connectivity index (χ0v) is 12.7. The molecule has 1 aromatic carbocycles. The number of fused-ring (bicyclic) bond motifs is 1. The van der Waals surface area contributed by atoms with Crippen LogP contribution in [0.2, 0.25) is 5.02 Å². The monoisotopic (exact) mass is 334 g/mol. The van der Waals surface area contributed by atoms with Gasteiger partial charge >= 0.3 is 11.6 Å². The van der Waals surface area contributed by atoms with Crippen molar-refractivity contribution in [3.8, 4) is 5.75 Å². The van der Waals surface area contributed by atoms with Gasteiger partial charge in [-0.25, -0.2) is 9.59 Å². The molecule has 0 spiro atoms. The summed E-state index contributed by atoms with van der Waals surface area (Å²) in [6.45, 7) is 1.78. The van der Waals surface area contributed by atoms with E-state index in [-0.39, 0.29) is 12.4 Å². The summed E-state index contributed by atoms with van der Waals surface area (Å²) in [4.78, 5) is 22.2. The van der Waals surface area contributed by atoms with Gasteiger partial charge in [-0.2, -0.15) is 0 Å². The predicted octanol–water partition coefficient (Wildman–Crippen LogP) is 3.63. The van der Waals surface area contributed by atoms with E-state index in [1.165, 1.54) is 24.3 Å². The molecule has 0 saturated carbocycles. The summed E-state index contributed by atoms with van der Waals surface area (Å²) in [5, 5.41) is 9.86. The van der Waals surface area contributed by atoms with Crippen LogP contribution in [0.15, 0.2) is 44.0 Å². The summed E-state index contributed by atoms with van der Waals surface area (Å²) in [5.41, 5.74) is 0.655. The number of carbonyl (C=O) groups is 1. The largest absolute Gasteiger partial charge is 0.484 e. The second-order valence-corrected chi connectivity index (χ2v) is 5.29. The van der Waals surface area contributed by atoms with Gasteiger partial charge in [0.15, 0.2) is 0 Å². The fourth-order valence-corrected chi connectivity index (χ4v) is 2.37. The Morgan fingerprint density at radius 1 is 1.26 bits per heavy atom. The Labute approximate surface area is 134 Å². The van der Waals surface area contributed by atoms with Gasteiger partial charge in [0.25, 0.3) is 0 Å². The van der Waals surface area contributed by atoms with Crippen molar-refractivity contribution in [1.82, 2.24) is 0 Å². The first-order chi connectivity index (χ1) is 10.9. The van der Waals surface area contributed by atoms with Crippen molar-refractivity contribution in [2.24, 2.45) is 0 Å². The summed E-state index contributed by atoms with van der Waals surface area (Å²) in [7, 11) is 0. The van der Waals surface area contributed by atoms with Gasteiger partial charge in [0, 0.05) is 17.5 Å². The lowest BCUT2D eigenvalue weighted by Crippen LogP contribution is -1.99. The molecule has 0 aliphatic rings. The number of benzene rings is 1. The molecule has 118 valence electrons. The number of rotatable bonds is 4. The third-order valence-electron chi connectivity index (χ3n) is 3.25. The molecule has 6 nitrogen and oxygen atoms in total. The molecule has 3 rings (SSSR count). The van der Waals surface area contributed by atoms with E-state index in [2.05, 4.69) is 0 Å². The molecule has 0 aliphatic carbocycles. The smallest absolute Gasteiger partial charge is 0.371 e. The van der Waals surface area contributed by atoms with Gasteiger partial charge in [-0.15, -0.1) is 0 Å². The Morgan fingerprint density at radius 2 is 2.04 bits per heavy atom. The zero-order chi connectivity index (χ0) is 16.6. The van der Waals surface area contributed by atoms with Crippen molar-refractivity contribution in [1.29, 1.82) is 0 Å². The lowest BCUT2D eigenvalue weighted by Gasteiger charge is -2.08.